The Labute approximate surface area is 200 Å². The normalized spacial score (nSPS) is 41.3. The molecular formula is C25H32Cl2N2O3. The summed E-state index contributed by atoms with van der Waals surface area (Å²) in [7, 11) is 0. The van der Waals surface area contributed by atoms with Crippen molar-refractivity contribution >= 4 is 34.9 Å². The second kappa shape index (κ2) is 7.76. The molecule has 2 aliphatic carbocycles. The zero-order valence-electron chi connectivity index (χ0n) is 18.7. The SMILES string of the molecule is CC12CCCC3(CO3)C1CC1C(C2)OC(=O)C1CN1CCN(c2ccc(Cl)c(Cl)c2)CC1. The van der Waals surface area contributed by atoms with Gasteiger partial charge in [-0.25, -0.2) is 0 Å². The van der Waals surface area contributed by atoms with Crippen LogP contribution >= 0.6 is 23.2 Å². The van der Waals surface area contributed by atoms with Gasteiger partial charge in [-0.3, -0.25) is 9.69 Å². The Morgan fingerprint density at radius 3 is 2.62 bits per heavy atom. The molecule has 2 saturated carbocycles. The molecule has 6 rings (SSSR count). The van der Waals surface area contributed by atoms with Gasteiger partial charge in [0.15, 0.2) is 0 Å². The predicted octanol–water partition coefficient (Wildman–Crippen LogP) is 4.64. The first-order valence-electron chi connectivity index (χ1n) is 12.1. The van der Waals surface area contributed by atoms with Crippen LogP contribution in [0.1, 0.15) is 39.0 Å². The quantitative estimate of drug-likeness (QED) is 0.467. The third-order valence-corrected chi connectivity index (χ3v) is 9.91. The number of ether oxygens (including phenoxy) is 2. The van der Waals surface area contributed by atoms with Gasteiger partial charge >= 0.3 is 5.97 Å². The largest absolute Gasteiger partial charge is 0.462 e. The number of esters is 1. The number of hydrogen-bond donors (Lipinski definition) is 0. The van der Waals surface area contributed by atoms with Gasteiger partial charge in [-0.1, -0.05) is 30.1 Å². The smallest absolute Gasteiger partial charge is 0.310 e. The van der Waals surface area contributed by atoms with Gasteiger partial charge in [-0.15, -0.1) is 0 Å². The molecule has 5 fully saturated rings. The highest BCUT2D eigenvalue weighted by Crippen LogP contribution is 2.62. The molecule has 1 aromatic rings. The molecule has 1 spiro atoms. The topological polar surface area (TPSA) is 45.3 Å². The van der Waals surface area contributed by atoms with Gasteiger partial charge < -0.3 is 14.4 Å². The summed E-state index contributed by atoms with van der Waals surface area (Å²) in [6, 6.07) is 5.83. The number of nitrogens with zero attached hydrogens (tertiary/aromatic N) is 2. The maximum absolute atomic E-state index is 12.9. The summed E-state index contributed by atoms with van der Waals surface area (Å²) >= 11 is 12.3. The Hall–Kier alpha value is -1.01. The third-order valence-electron chi connectivity index (χ3n) is 9.17. The van der Waals surface area contributed by atoms with Gasteiger partial charge in [-0.2, -0.15) is 0 Å². The average molecular weight is 479 g/mol. The summed E-state index contributed by atoms with van der Waals surface area (Å²) in [5.74, 6) is 0.945. The molecule has 1 aromatic carbocycles. The molecule has 32 heavy (non-hydrogen) atoms. The highest BCUT2D eigenvalue weighted by molar-refractivity contribution is 6.42. The number of hydrogen-bond acceptors (Lipinski definition) is 5. The van der Waals surface area contributed by atoms with E-state index in [9.17, 15) is 4.79 Å². The molecule has 0 amide bonds. The van der Waals surface area contributed by atoms with Crippen molar-refractivity contribution < 1.29 is 14.3 Å². The summed E-state index contributed by atoms with van der Waals surface area (Å²) in [4.78, 5) is 17.7. The van der Waals surface area contributed by atoms with Crippen LogP contribution in [0.2, 0.25) is 10.0 Å². The van der Waals surface area contributed by atoms with Crippen LogP contribution in [0.25, 0.3) is 0 Å². The fourth-order valence-corrected chi connectivity index (χ4v) is 7.61. The van der Waals surface area contributed by atoms with Crippen molar-refractivity contribution in [2.75, 3.05) is 44.2 Å². The van der Waals surface area contributed by atoms with Gasteiger partial charge in [0.1, 0.15) is 6.10 Å². The van der Waals surface area contributed by atoms with Gasteiger partial charge in [0.25, 0.3) is 0 Å². The minimum Gasteiger partial charge on any atom is -0.462 e. The van der Waals surface area contributed by atoms with Crippen LogP contribution in [0.3, 0.4) is 0 Å². The molecule has 5 aliphatic rings. The second-order valence-corrected chi connectivity index (χ2v) is 11.8. The first-order valence-corrected chi connectivity index (χ1v) is 12.9. The average Bonchev–Trinajstić information content (AvgIpc) is 3.47. The lowest BCUT2D eigenvalue weighted by atomic mass is 9.53. The van der Waals surface area contributed by atoms with Crippen molar-refractivity contribution in [3.05, 3.63) is 28.2 Å². The van der Waals surface area contributed by atoms with E-state index in [0.717, 1.165) is 57.9 Å². The molecule has 0 N–H and O–H groups in total. The Balaban J connectivity index is 1.11. The lowest BCUT2D eigenvalue weighted by Crippen LogP contribution is -2.52. The molecule has 0 aromatic heterocycles. The molecule has 0 bridgehead atoms. The zero-order valence-corrected chi connectivity index (χ0v) is 20.2. The number of fused-ring (bicyclic) bond motifs is 3. The lowest BCUT2D eigenvalue weighted by molar-refractivity contribution is -0.147. The number of piperazine rings is 1. The van der Waals surface area contributed by atoms with Crippen molar-refractivity contribution in [3.63, 3.8) is 0 Å². The van der Waals surface area contributed by atoms with E-state index >= 15 is 0 Å². The Bertz CT molecular complexity index is 914. The number of anilines is 1. The fourth-order valence-electron chi connectivity index (χ4n) is 7.31. The lowest BCUT2D eigenvalue weighted by Gasteiger charge is -2.51. The summed E-state index contributed by atoms with van der Waals surface area (Å²) < 4.78 is 12.0. The van der Waals surface area contributed by atoms with E-state index in [1.807, 2.05) is 18.2 Å². The van der Waals surface area contributed by atoms with Crippen LogP contribution in [-0.4, -0.2) is 61.9 Å². The van der Waals surface area contributed by atoms with Crippen molar-refractivity contribution in [1.82, 2.24) is 4.90 Å². The first kappa shape index (κ1) is 21.5. The first-order chi connectivity index (χ1) is 15.4. The number of carbonyl (C=O) groups excluding carboxylic acids is 1. The maximum Gasteiger partial charge on any atom is 0.310 e. The Kier molecular flexibility index (Phi) is 5.22. The van der Waals surface area contributed by atoms with Gasteiger partial charge in [0.05, 0.1) is 28.2 Å². The minimum atomic E-state index is -0.00111. The van der Waals surface area contributed by atoms with Crippen molar-refractivity contribution in [1.29, 1.82) is 0 Å². The molecule has 7 heteroatoms. The van der Waals surface area contributed by atoms with E-state index < -0.39 is 0 Å². The molecule has 6 atom stereocenters. The van der Waals surface area contributed by atoms with Gasteiger partial charge in [0.2, 0.25) is 0 Å². The second-order valence-electron chi connectivity index (χ2n) is 11.0. The van der Waals surface area contributed by atoms with E-state index in [0.29, 0.717) is 21.9 Å². The highest BCUT2D eigenvalue weighted by Gasteiger charge is 2.65. The van der Waals surface area contributed by atoms with E-state index in [2.05, 4.69) is 16.7 Å². The standard InChI is InChI=1S/C25H32Cl2N2O3/c1-24-5-2-6-25(15-31-25)22(24)12-17-18(23(30)32-21(17)13-24)14-28-7-9-29(10-8-28)16-3-4-19(26)20(27)11-16/h3-4,11,17-18,21-22H,2,5-10,12-15H2,1H3. The van der Waals surface area contributed by atoms with Gasteiger partial charge in [0, 0.05) is 44.3 Å². The predicted molar refractivity (Wildman–Crippen MR) is 125 cm³/mol. The van der Waals surface area contributed by atoms with E-state index in [1.54, 1.807) is 0 Å². The Morgan fingerprint density at radius 2 is 1.91 bits per heavy atom. The van der Waals surface area contributed by atoms with Crippen LogP contribution in [0, 0.1) is 23.2 Å². The number of benzene rings is 1. The summed E-state index contributed by atoms with van der Waals surface area (Å²) in [5.41, 5.74) is 1.48. The van der Waals surface area contributed by atoms with Gasteiger partial charge in [-0.05, 0) is 61.6 Å². The van der Waals surface area contributed by atoms with Crippen molar-refractivity contribution in [2.24, 2.45) is 23.2 Å². The minimum absolute atomic E-state index is 0.00111. The number of rotatable bonds is 3. The van der Waals surface area contributed by atoms with Crippen LogP contribution in [0.4, 0.5) is 5.69 Å². The summed E-state index contributed by atoms with van der Waals surface area (Å²) in [6.07, 6.45) is 5.87. The number of carbonyl (C=O) groups is 1. The summed E-state index contributed by atoms with van der Waals surface area (Å²) in [6.45, 7) is 7.87. The maximum atomic E-state index is 12.9. The van der Waals surface area contributed by atoms with Crippen LogP contribution in [0.15, 0.2) is 18.2 Å². The summed E-state index contributed by atoms with van der Waals surface area (Å²) in [5, 5.41) is 1.18. The molecule has 5 nitrogen and oxygen atoms in total. The number of epoxide rings is 1. The van der Waals surface area contributed by atoms with Crippen molar-refractivity contribution in [3.8, 4) is 0 Å². The molecule has 0 radical (unpaired) electrons. The molecule has 174 valence electrons. The molecule has 6 unspecified atom stereocenters. The van der Waals surface area contributed by atoms with Crippen LogP contribution < -0.4 is 4.90 Å². The number of halogens is 2. The molecular weight excluding hydrogens is 447 g/mol. The monoisotopic (exact) mass is 478 g/mol. The highest BCUT2D eigenvalue weighted by atomic mass is 35.5. The molecule has 3 aliphatic heterocycles. The third kappa shape index (κ3) is 3.55. The fraction of sp³-hybridized carbons (Fsp3) is 0.720. The zero-order chi connectivity index (χ0) is 22.1. The van der Waals surface area contributed by atoms with Crippen LogP contribution in [-0.2, 0) is 14.3 Å². The Morgan fingerprint density at radius 1 is 1.12 bits per heavy atom. The molecule has 3 saturated heterocycles. The van der Waals surface area contributed by atoms with E-state index in [1.165, 1.54) is 19.3 Å². The van der Waals surface area contributed by atoms with E-state index in [-0.39, 0.29) is 29.0 Å². The van der Waals surface area contributed by atoms with Crippen LogP contribution in [0.5, 0.6) is 0 Å². The van der Waals surface area contributed by atoms with Crippen molar-refractivity contribution in [2.45, 2.75) is 50.7 Å². The molecule has 3 heterocycles. The van der Waals surface area contributed by atoms with E-state index in [4.69, 9.17) is 32.7 Å².